The minimum atomic E-state index is -1.07. The van der Waals surface area contributed by atoms with Crippen molar-refractivity contribution in [1.29, 1.82) is 0 Å². The molecule has 118 valence electrons. The van der Waals surface area contributed by atoms with Gasteiger partial charge in [-0.05, 0) is 45.7 Å². The first-order chi connectivity index (χ1) is 10.5. The summed E-state index contributed by atoms with van der Waals surface area (Å²) in [5.74, 6) is -0.540. The number of aromatic nitrogens is 3. The molecule has 2 aromatic rings. The molecule has 7 heteroatoms. The van der Waals surface area contributed by atoms with Gasteiger partial charge in [-0.25, -0.2) is 14.5 Å². The van der Waals surface area contributed by atoms with E-state index in [-0.39, 0.29) is 16.6 Å². The Morgan fingerprint density at radius 2 is 2.18 bits per heavy atom. The molecular formula is C15H19ClN4O2. The Hall–Kier alpha value is -1.66. The van der Waals surface area contributed by atoms with E-state index in [4.69, 9.17) is 11.6 Å². The largest absolute Gasteiger partial charge is 0.478 e. The third kappa shape index (κ3) is 2.46. The molecule has 6 nitrogen and oxygen atoms in total. The van der Waals surface area contributed by atoms with Gasteiger partial charge in [0.2, 0.25) is 0 Å². The van der Waals surface area contributed by atoms with Crippen LogP contribution in [0, 0.1) is 12.8 Å². The predicted molar refractivity (Wildman–Crippen MR) is 84.5 cm³/mol. The van der Waals surface area contributed by atoms with E-state index in [0.29, 0.717) is 17.0 Å². The number of halogens is 1. The summed E-state index contributed by atoms with van der Waals surface area (Å²) in [6.07, 6.45) is 3.52. The van der Waals surface area contributed by atoms with Crippen LogP contribution in [-0.2, 0) is 0 Å². The van der Waals surface area contributed by atoms with Crippen LogP contribution in [0.2, 0.25) is 5.02 Å². The second-order valence-electron chi connectivity index (χ2n) is 5.85. The van der Waals surface area contributed by atoms with E-state index < -0.39 is 5.97 Å². The van der Waals surface area contributed by atoms with Gasteiger partial charge in [0.25, 0.3) is 0 Å². The number of nitrogens with one attached hydrogen (secondary N) is 1. The van der Waals surface area contributed by atoms with E-state index in [2.05, 4.69) is 22.3 Å². The monoisotopic (exact) mass is 322 g/mol. The summed E-state index contributed by atoms with van der Waals surface area (Å²) < 4.78 is 1.90. The Balaban J connectivity index is 2.08. The summed E-state index contributed by atoms with van der Waals surface area (Å²) in [4.78, 5) is 15.5. The highest BCUT2D eigenvalue weighted by Crippen LogP contribution is 2.33. The molecule has 0 aromatic carbocycles. The van der Waals surface area contributed by atoms with Crippen LogP contribution in [0.4, 0.5) is 0 Å². The van der Waals surface area contributed by atoms with Gasteiger partial charge in [-0.15, -0.1) is 0 Å². The van der Waals surface area contributed by atoms with Crippen LogP contribution in [0.15, 0.2) is 6.20 Å². The van der Waals surface area contributed by atoms with Crippen LogP contribution in [0.1, 0.15) is 41.9 Å². The zero-order valence-electron chi connectivity index (χ0n) is 12.6. The van der Waals surface area contributed by atoms with E-state index >= 15 is 0 Å². The summed E-state index contributed by atoms with van der Waals surface area (Å²) in [6.45, 7) is 6.02. The maximum absolute atomic E-state index is 11.2. The van der Waals surface area contributed by atoms with E-state index in [9.17, 15) is 9.90 Å². The standard InChI is InChI=1S/C15H19ClN4O2/c1-8-12-13(16)11(15(21)22)7-18-14(12)20(19-8)9(2)10-3-5-17-6-4-10/h7,9-10,17H,3-6H2,1-2H3,(H,21,22). The van der Waals surface area contributed by atoms with Crippen LogP contribution < -0.4 is 5.32 Å². The first-order valence-corrected chi connectivity index (χ1v) is 7.85. The molecule has 1 aliphatic heterocycles. The Labute approximate surface area is 133 Å². The predicted octanol–water partition coefficient (Wildman–Crippen LogP) is 2.65. The van der Waals surface area contributed by atoms with Crippen molar-refractivity contribution in [2.24, 2.45) is 5.92 Å². The summed E-state index contributed by atoms with van der Waals surface area (Å²) in [5.41, 5.74) is 1.40. The molecular weight excluding hydrogens is 304 g/mol. The average molecular weight is 323 g/mol. The average Bonchev–Trinajstić information content (AvgIpc) is 2.85. The van der Waals surface area contributed by atoms with E-state index in [0.717, 1.165) is 31.6 Å². The zero-order valence-corrected chi connectivity index (χ0v) is 13.4. The van der Waals surface area contributed by atoms with Crippen LogP contribution in [-0.4, -0.2) is 38.9 Å². The number of hydrogen-bond donors (Lipinski definition) is 2. The Morgan fingerprint density at radius 3 is 2.82 bits per heavy atom. The number of hydrogen-bond acceptors (Lipinski definition) is 4. The van der Waals surface area contributed by atoms with Gasteiger partial charge in [-0.2, -0.15) is 5.10 Å². The van der Waals surface area contributed by atoms with Gasteiger partial charge < -0.3 is 10.4 Å². The van der Waals surface area contributed by atoms with Gasteiger partial charge in [0.1, 0.15) is 0 Å². The maximum Gasteiger partial charge on any atom is 0.338 e. The number of rotatable bonds is 3. The fourth-order valence-electron chi connectivity index (χ4n) is 3.19. The molecule has 0 bridgehead atoms. The second-order valence-corrected chi connectivity index (χ2v) is 6.23. The van der Waals surface area contributed by atoms with Crippen LogP contribution >= 0.6 is 11.6 Å². The second kappa shape index (κ2) is 5.85. The molecule has 0 amide bonds. The Bertz CT molecular complexity index is 722. The summed E-state index contributed by atoms with van der Waals surface area (Å²) in [5, 5.41) is 18.0. The van der Waals surface area contributed by atoms with Crippen LogP contribution in [0.5, 0.6) is 0 Å². The molecule has 1 saturated heterocycles. The van der Waals surface area contributed by atoms with Crippen molar-refractivity contribution >= 4 is 28.6 Å². The first kappa shape index (κ1) is 15.2. The third-order valence-corrected chi connectivity index (χ3v) is 4.91. The molecule has 0 radical (unpaired) electrons. The molecule has 1 unspecified atom stereocenters. The highest BCUT2D eigenvalue weighted by Gasteiger charge is 2.26. The summed E-state index contributed by atoms with van der Waals surface area (Å²) in [6, 6.07) is 0.206. The number of carbonyl (C=O) groups is 1. The molecule has 3 heterocycles. The summed E-state index contributed by atoms with van der Waals surface area (Å²) >= 11 is 6.26. The number of fused-ring (bicyclic) bond motifs is 1. The highest BCUT2D eigenvalue weighted by atomic mass is 35.5. The fraction of sp³-hybridized carbons (Fsp3) is 0.533. The first-order valence-electron chi connectivity index (χ1n) is 7.48. The van der Waals surface area contributed by atoms with Crippen molar-refractivity contribution in [3.8, 4) is 0 Å². The lowest BCUT2D eigenvalue weighted by molar-refractivity contribution is 0.0697. The number of aromatic carboxylic acids is 1. The van der Waals surface area contributed by atoms with E-state index in [1.54, 1.807) is 0 Å². The highest BCUT2D eigenvalue weighted by molar-refractivity contribution is 6.38. The van der Waals surface area contributed by atoms with Gasteiger partial charge >= 0.3 is 5.97 Å². The lowest BCUT2D eigenvalue weighted by Gasteiger charge is -2.28. The number of aryl methyl sites for hydroxylation is 1. The minimum absolute atomic E-state index is 0.0198. The number of piperidine rings is 1. The number of carboxylic acid groups (broad SMARTS) is 1. The zero-order chi connectivity index (χ0) is 15.9. The SMILES string of the molecule is Cc1nn(C(C)C2CCNCC2)c2ncc(C(=O)O)c(Cl)c12. The lowest BCUT2D eigenvalue weighted by atomic mass is 9.91. The van der Waals surface area contributed by atoms with Crippen LogP contribution in [0.3, 0.4) is 0 Å². The number of pyridine rings is 1. The molecule has 2 aromatic heterocycles. The molecule has 1 fully saturated rings. The normalized spacial score (nSPS) is 17.8. The molecule has 0 saturated carbocycles. The topological polar surface area (TPSA) is 80.0 Å². The lowest BCUT2D eigenvalue weighted by Crippen LogP contribution is -2.32. The van der Waals surface area contributed by atoms with Gasteiger partial charge in [0.15, 0.2) is 5.65 Å². The molecule has 3 rings (SSSR count). The molecule has 2 N–H and O–H groups in total. The fourth-order valence-corrected chi connectivity index (χ4v) is 3.54. The molecule has 22 heavy (non-hydrogen) atoms. The van der Waals surface area contributed by atoms with Gasteiger partial charge in [0, 0.05) is 6.20 Å². The molecule has 1 aliphatic rings. The van der Waals surface area contributed by atoms with Crippen molar-refractivity contribution < 1.29 is 9.90 Å². The summed E-state index contributed by atoms with van der Waals surface area (Å²) in [7, 11) is 0. The Morgan fingerprint density at radius 1 is 1.50 bits per heavy atom. The molecule has 0 spiro atoms. The maximum atomic E-state index is 11.2. The van der Waals surface area contributed by atoms with Gasteiger partial charge in [-0.3, -0.25) is 0 Å². The minimum Gasteiger partial charge on any atom is -0.478 e. The number of nitrogens with zero attached hydrogens (tertiary/aromatic N) is 3. The van der Waals surface area contributed by atoms with E-state index in [1.807, 2.05) is 11.6 Å². The van der Waals surface area contributed by atoms with Crippen molar-refractivity contribution in [3.63, 3.8) is 0 Å². The molecule has 0 aliphatic carbocycles. The van der Waals surface area contributed by atoms with Crippen molar-refractivity contribution in [2.75, 3.05) is 13.1 Å². The Kier molecular flexibility index (Phi) is 4.06. The third-order valence-electron chi connectivity index (χ3n) is 4.51. The van der Waals surface area contributed by atoms with Crippen molar-refractivity contribution in [1.82, 2.24) is 20.1 Å². The molecule has 1 atom stereocenters. The smallest absolute Gasteiger partial charge is 0.338 e. The quantitative estimate of drug-likeness (QED) is 0.908. The van der Waals surface area contributed by atoms with Crippen molar-refractivity contribution in [2.45, 2.75) is 32.7 Å². The van der Waals surface area contributed by atoms with Gasteiger partial charge in [0.05, 0.1) is 27.7 Å². The van der Waals surface area contributed by atoms with Gasteiger partial charge in [-0.1, -0.05) is 11.6 Å². The van der Waals surface area contributed by atoms with E-state index in [1.165, 1.54) is 6.20 Å². The van der Waals surface area contributed by atoms with Crippen molar-refractivity contribution in [3.05, 3.63) is 22.5 Å². The number of carboxylic acids is 1. The van der Waals surface area contributed by atoms with Crippen LogP contribution in [0.25, 0.3) is 11.0 Å².